The highest BCUT2D eigenvalue weighted by Gasteiger charge is 2.13. The van der Waals surface area contributed by atoms with Crippen molar-refractivity contribution in [3.05, 3.63) is 65.8 Å². The van der Waals surface area contributed by atoms with Crippen molar-refractivity contribution in [2.24, 2.45) is 11.8 Å². The van der Waals surface area contributed by atoms with Crippen LogP contribution in [0.5, 0.6) is 0 Å². The Morgan fingerprint density at radius 2 is 1.91 bits per heavy atom. The third-order valence-electron chi connectivity index (χ3n) is 4.91. The van der Waals surface area contributed by atoms with Gasteiger partial charge in [0.25, 0.3) is 0 Å². The molecule has 0 heteroatoms. The second kappa shape index (κ2) is 8.17. The van der Waals surface area contributed by atoms with Crippen LogP contribution in [0.25, 0.3) is 5.57 Å². The molecule has 0 aliphatic heterocycles. The van der Waals surface area contributed by atoms with Crippen molar-refractivity contribution >= 4 is 5.57 Å². The van der Waals surface area contributed by atoms with E-state index in [4.69, 9.17) is 0 Å². The van der Waals surface area contributed by atoms with Crippen molar-refractivity contribution in [3.63, 3.8) is 0 Å². The SMILES string of the molecule is C=C(C)C(C)CC(CC)Cc1ccc(C2=CCCC=C2)cc1. The van der Waals surface area contributed by atoms with Gasteiger partial charge in [0.05, 0.1) is 0 Å². The van der Waals surface area contributed by atoms with Crippen LogP contribution in [0.15, 0.2) is 54.6 Å². The fraction of sp³-hybridized carbons (Fsp3) is 0.455. The van der Waals surface area contributed by atoms with Crippen molar-refractivity contribution in [3.8, 4) is 0 Å². The van der Waals surface area contributed by atoms with Gasteiger partial charge in [0.2, 0.25) is 0 Å². The number of hydrogen-bond acceptors (Lipinski definition) is 0. The van der Waals surface area contributed by atoms with E-state index in [0.717, 1.165) is 5.92 Å². The highest BCUT2D eigenvalue weighted by Crippen LogP contribution is 2.26. The maximum absolute atomic E-state index is 4.10. The molecule has 0 heterocycles. The molecule has 2 rings (SSSR count). The van der Waals surface area contributed by atoms with E-state index in [9.17, 15) is 0 Å². The van der Waals surface area contributed by atoms with Crippen LogP contribution in [-0.2, 0) is 6.42 Å². The van der Waals surface area contributed by atoms with E-state index in [2.05, 4.69) is 69.8 Å². The van der Waals surface area contributed by atoms with Gasteiger partial charge in [-0.25, -0.2) is 0 Å². The van der Waals surface area contributed by atoms with Crippen LogP contribution in [0.4, 0.5) is 0 Å². The summed E-state index contributed by atoms with van der Waals surface area (Å²) < 4.78 is 0. The lowest BCUT2D eigenvalue weighted by atomic mass is 9.85. The van der Waals surface area contributed by atoms with E-state index in [1.807, 2.05) is 0 Å². The second-order valence-electron chi connectivity index (χ2n) is 6.80. The molecule has 0 saturated heterocycles. The molecule has 0 saturated carbocycles. The average Bonchev–Trinajstić information content (AvgIpc) is 2.55. The van der Waals surface area contributed by atoms with Gasteiger partial charge in [0.1, 0.15) is 0 Å². The molecule has 0 N–H and O–H groups in total. The number of rotatable bonds is 7. The van der Waals surface area contributed by atoms with Gasteiger partial charge in [0.15, 0.2) is 0 Å². The lowest BCUT2D eigenvalue weighted by molar-refractivity contribution is 0.408. The van der Waals surface area contributed by atoms with E-state index in [-0.39, 0.29) is 0 Å². The third kappa shape index (κ3) is 4.73. The zero-order chi connectivity index (χ0) is 15.9. The lowest BCUT2D eigenvalue weighted by Crippen LogP contribution is -2.09. The Labute approximate surface area is 136 Å². The summed E-state index contributed by atoms with van der Waals surface area (Å²) in [6.07, 6.45) is 12.9. The molecule has 0 radical (unpaired) electrons. The molecule has 0 amide bonds. The van der Waals surface area contributed by atoms with Crippen LogP contribution < -0.4 is 0 Å². The smallest absolute Gasteiger partial charge is 0.0187 e. The van der Waals surface area contributed by atoms with Gasteiger partial charge in [0, 0.05) is 0 Å². The Balaban J connectivity index is 1.99. The molecule has 0 spiro atoms. The molecule has 0 bridgehead atoms. The summed E-state index contributed by atoms with van der Waals surface area (Å²) in [7, 11) is 0. The minimum Gasteiger partial charge on any atom is -0.0999 e. The van der Waals surface area contributed by atoms with Crippen molar-refractivity contribution in [2.75, 3.05) is 0 Å². The summed E-state index contributed by atoms with van der Waals surface area (Å²) in [6, 6.07) is 9.19. The standard InChI is InChI=1S/C22H30/c1-5-19(15-18(4)17(2)3)16-20-11-13-22(14-12-20)21-9-7-6-8-10-21/h7,9-14,18-19H,2,5-6,8,15-16H2,1,3-4H3. The van der Waals surface area contributed by atoms with Crippen molar-refractivity contribution in [2.45, 2.75) is 52.9 Å². The molecule has 0 fully saturated rings. The molecule has 1 aliphatic carbocycles. The van der Waals surface area contributed by atoms with Crippen LogP contribution in [0, 0.1) is 11.8 Å². The van der Waals surface area contributed by atoms with E-state index in [1.165, 1.54) is 54.4 Å². The summed E-state index contributed by atoms with van der Waals surface area (Å²) in [5.74, 6) is 1.38. The normalized spacial score (nSPS) is 17.0. The van der Waals surface area contributed by atoms with Gasteiger partial charge in [-0.15, -0.1) is 0 Å². The molecule has 1 aliphatic rings. The molecular weight excluding hydrogens is 264 g/mol. The molecular formula is C22H30. The summed E-state index contributed by atoms with van der Waals surface area (Å²) in [4.78, 5) is 0. The first kappa shape index (κ1) is 16.8. The molecule has 0 aromatic heterocycles. The minimum atomic E-state index is 0.627. The van der Waals surface area contributed by atoms with Gasteiger partial charge >= 0.3 is 0 Å². The predicted octanol–water partition coefficient (Wildman–Crippen LogP) is 6.59. The lowest BCUT2D eigenvalue weighted by Gasteiger charge is -2.20. The first-order chi connectivity index (χ1) is 10.6. The summed E-state index contributed by atoms with van der Waals surface area (Å²) in [5, 5.41) is 0. The fourth-order valence-corrected chi connectivity index (χ4v) is 3.09. The Morgan fingerprint density at radius 1 is 1.18 bits per heavy atom. The predicted molar refractivity (Wildman–Crippen MR) is 98.9 cm³/mol. The van der Waals surface area contributed by atoms with Crippen LogP contribution in [0.1, 0.15) is 57.6 Å². The molecule has 22 heavy (non-hydrogen) atoms. The van der Waals surface area contributed by atoms with Crippen LogP contribution in [0.3, 0.4) is 0 Å². The fourth-order valence-electron chi connectivity index (χ4n) is 3.09. The van der Waals surface area contributed by atoms with E-state index >= 15 is 0 Å². The Morgan fingerprint density at radius 3 is 2.45 bits per heavy atom. The van der Waals surface area contributed by atoms with E-state index in [1.54, 1.807) is 0 Å². The van der Waals surface area contributed by atoms with Crippen molar-refractivity contribution < 1.29 is 0 Å². The maximum atomic E-state index is 4.10. The highest BCUT2D eigenvalue weighted by molar-refractivity contribution is 5.74. The topological polar surface area (TPSA) is 0 Å². The van der Waals surface area contributed by atoms with Gasteiger partial charge in [-0.2, -0.15) is 0 Å². The first-order valence-electron chi connectivity index (χ1n) is 8.71. The monoisotopic (exact) mass is 294 g/mol. The molecule has 1 aromatic rings. The molecule has 0 nitrogen and oxygen atoms in total. The van der Waals surface area contributed by atoms with Gasteiger partial charge in [-0.3, -0.25) is 0 Å². The van der Waals surface area contributed by atoms with Crippen molar-refractivity contribution in [1.29, 1.82) is 0 Å². The quantitative estimate of drug-likeness (QED) is 0.497. The minimum absolute atomic E-state index is 0.627. The highest BCUT2D eigenvalue weighted by atomic mass is 14.2. The van der Waals surface area contributed by atoms with Crippen LogP contribution in [-0.4, -0.2) is 0 Å². The van der Waals surface area contributed by atoms with E-state index < -0.39 is 0 Å². The Kier molecular flexibility index (Phi) is 6.24. The summed E-state index contributed by atoms with van der Waals surface area (Å²) >= 11 is 0. The van der Waals surface area contributed by atoms with Gasteiger partial charge < -0.3 is 0 Å². The van der Waals surface area contributed by atoms with Crippen LogP contribution >= 0.6 is 0 Å². The second-order valence-corrected chi connectivity index (χ2v) is 6.80. The average molecular weight is 294 g/mol. The number of benzene rings is 1. The Bertz CT molecular complexity index is 542. The third-order valence-corrected chi connectivity index (χ3v) is 4.91. The van der Waals surface area contributed by atoms with E-state index in [0.29, 0.717) is 5.92 Å². The van der Waals surface area contributed by atoms with Gasteiger partial charge in [-0.1, -0.05) is 74.9 Å². The first-order valence-corrected chi connectivity index (χ1v) is 8.71. The molecule has 2 unspecified atom stereocenters. The molecule has 118 valence electrons. The van der Waals surface area contributed by atoms with Gasteiger partial charge in [-0.05, 0) is 61.1 Å². The molecule has 1 aromatic carbocycles. The zero-order valence-electron chi connectivity index (χ0n) is 14.4. The van der Waals surface area contributed by atoms with Crippen molar-refractivity contribution in [1.82, 2.24) is 0 Å². The zero-order valence-corrected chi connectivity index (χ0v) is 14.4. The van der Waals surface area contributed by atoms with Crippen LogP contribution in [0.2, 0.25) is 0 Å². The maximum Gasteiger partial charge on any atom is -0.0187 e. The Hall–Kier alpha value is -1.56. The largest absolute Gasteiger partial charge is 0.0999 e. The number of allylic oxidation sites excluding steroid dienone is 5. The number of hydrogen-bond donors (Lipinski definition) is 0. The molecule has 2 atom stereocenters. The summed E-state index contributed by atoms with van der Waals surface area (Å²) in [5.41, 5.74) is 5.50. The summed E-state index contributed by atoms with van der Waals surface area (Å²) in [6.45, 7) is 10.9.